The molecule has 0 saturated heterocycles. The smallest absolute Gasteiger partial charge is 0.211 e. The Morgan fingerprint density at radius 2 is 2.11 bits per heavy atom. The van der Waals surface area contributed by atoms with E-state index in [1.165, 1.54) is 17.4 Å². The largest absolute Gasteiger partial charge is 0.313 e. The second-order valence-electron chi connectivity index (χ2n) is 6.26. The van der Waals surface area contributed by atoms with Crippen LogP contribution in [0.1, 0.15) is 16.1 Å². The van der Waals surface area contributed by atoms with Crippen molar-refractivity contribution in [3.8, 4) is 0 Å². The van der Waals surface area contributed by atoms with E-state index < -0.39 is 0 Å². The van der Waals surface area contributed by atoms with Gasteiger partial charge in [0.2, 0.25) is 5.13 Å². The lowest BCUT2D eigenvalue weighted by Gasteiger charge is -2.05. The van der Waals surface area contributed by atoms with Gasteiger partial charge in [0.05, 0.1) is 12.7 Å². The molecular weight excluding hydrogens is 401 g/mol. The van der Waals surface area contributed by atoms with E-state index in [2.05, 4.69) is 25.7 Å². The molecule has 0 spiro atoms. The highest BCUT2D eigenvalue weighted by atomic mass is 35.5. The van der Waals surface area contributed by atoms with E-state index >= 15 is 0 Å². The van der Waals surface area contributed by atoms with Crippen molar-refractivity contribution in [3.05, 3.63) is 69.8 Å². The Kier molecular flexibility index (Phi) is 5.36. The first-order valence-corrected chi connectivity index (χ1v) is 9.81. The zero-order chi connectivity index (χ0) is 19.5. The molecule has 1 aromatic carbocycles. The molecule has 3 aromatic heterocycles. The SMILES string of the molecule is Cc1cnn(CCc2nnc(Nc3ccn(Cc4c(F)cccc4Cl)n3)s2)c1. The summed E-state index contributed by atoms with van der Waals surface area (Å²) in [6.45, 7) is 3.01. The Morgan fingerprint density at radius 3 is 2.89 bits per heavy atom. The molecule has 0 saturated carbocycles. The molecule has 0 bridgehead atoms. The number of aromatic nitrogens is 6. The summed E-state index contributed by atoms with van der Waals surface area (Å²) < 4.78 is 17.4. The number of halogens is 2. The predicted molar refractivity (Wildman–Crippen MR) is 107 cm³/mol. The van der Waals surface area contributed by atoms with Crippen LogP contribution in [0.2, 0.25) is 5.02 Å². The zero-order valence-corrected chi connectivity index (χ0v) is 16.6. The summed E-state index contributed by atoms with van der Waals surface area (Å²) in [5.41, 5.74) is 1.54. The minimum absolute atomic E-state index is 0.248. The van der Waals surface area contributed by atoms with Gasteiger partial charge in [-0.05, 0) is 24.6 Å². The van der Waals surface area contributed by atoms with Gasteiger partial charge in [-0.3, -0.25) is 9.36 Å². The Labute approximate surface area is 169 Å². The molecule has 0 atom stereocenters. The van der Waals surface area contributed by atoms with Crippen molar-refractivity contribution in [2.24, 2.45) is 0 Å². The van der Waals surface area contributed by atoms with Gasteiger partial charge in [-0.2, -0.15) is 10.2 Å². The van der Waals surface area contributed by atoms with Crippen molar-refractivity contribution in [1.29, 1.82) is 0 Å². The monoisotopic (exact) mass is 417 g/mol. The van der Waals surface area contributed by atoms with Gasteiger partial charge in [0.25, 0.3) is 0 Å². The van der Waals surface area contributed by atoms with Crippen molar-refractivity contribution in [3.63, 3.8) is 0 Å². The lowest BCUT2D eigenvalue weighted by Crippen LogP contribution is -2.04. The summed E-state index contributed by atoms with van der Waals surface area (Å²) in [7, 11) is 0. The molecule has 4 rings (SSSR count). The second-order valence-corrected chi connectivity index (χ2v) is 7.72. The first-order chi connectivity index (χ1) is 13.6. The van der Waals surface area contributed by atoms with Crippen LogP contribution in [0.3, 0.4) is 0 Å². The van der Waals surface area contributed by atoms with Crippen LogP contribution in [0, 0.1) is 12.7 Å². The van der Waals surface area contributed by atoms with Gasteiger partial charge in [0.1, 0.15) is 10.8 Å². The number of anilines is 2. The van der Waals surface area contributed by atoms with E-state index in [4.69, 9.17) is 11.6 Å². The Hall–Kier alpha value is -2.78. The third kappa shape index (κ3) is 4.37. The van der Waals surface area contributed by atoms with Crippen LogP contribution in [0.4, 0.5) is 15.3 Å². The fourth-order valence-corrected chi connectivity index (χ4v) is 3.63. The highest BCUT2D eigenvalue weighted by Crippen LogP contribution is 2.22. The minimum atomic E-state index is -0.348. The number of hydrogen-bond acceptors (Lipinski definition) is 6. The summed E-state index contributed by atoms with van der Waals surface area (Å²) in [5.74, 6) is 0.261. The van der Waals surface area contributed by atoms with Crippen LogP contribution in [-0.2, 0) is 19.5 Å². The normalized spacial score (nSPS) is 11.1. The van der Waals surface area contributed by atoms with Crippen molar-refractivity contribution >= 4 is 33.9 Å². The topological polar surface area (TPSA) is 73.5 Å². The van der Waals surface area contributed by atoms with Crippen LogP contribution in [0.5, 0.6) is 0 Å². The second kappa shape index (κ2) is 8.07. The van der Waals surface area contributed by atoms with Crippen molar-refractivity contribution in [2.45, 2.75) is 26.4 Å². The Bertz CT molecular complexity index is 1070. The summed E-state index contributed by atoms with van der Waals surface area (Å²) in [5, 5.41) is 22.1. The number of aryl methyl sites for hydroxylation is 3. The van der Waals surface area contributed by atoms with E-state index in [1.807, 2.05) is 24.0 Å². The maximum absolute atomic E-state index is 13.9. The fourth-order valence-electron chi connectivity index (χ4n) is 2.68. The molecule has 0 amide bonds. The van der Waals surface area contributed by atoms with Crippen molar-refractivity contribution < 1.29 is 4.39 Å². The predicted octanol–water partition coefficient (Wildman–Crippen LogP) is 4.07. The molecule has 28 heavy (non-hydrogen) atoms. The van der Waals surface area contributed by atoms with Crippen LogP contribution in [0.15, 0.2) is 42.9 Å². The van der Waals surface area contributed by atoms with E-state index in [0.717, 1.165) is 23.5 Å². The van der Waals surface area contributed by atoms with Gasteiger partial charge >= 0.3 is 0 Å². The first-order valence-electron chi connectivity index (χ1n) is 8.61. The molecule has 7 nitrogen and oxygen atoms in total. The number of nitrogens with one attached hydrogen (secondary N) is 1. The number of benzene rings is 1. The van der Waals surface area contributed by atoms with Crippen LogP contribution in [0.25, 0.3) is 0 Å². The summed E-state index contributed by atoms with van der Waals surface area (Å²) in [6.07, 6.45) is 6.33. The third-order valence-corrected chi connectivity index (χ3v) is 5.29. The fraction of sp³-hybridized carbons (Fsp3) is 0.222. The number of nitrogens with zero attached hydrogens (tertiary/aromatic N) is 6. The average Bonchev–Trinajstić information content (AvgIpc) is 3.39. The minimum Gasteiger partial charge on any atom is -0.313 e. The van der Waals surface area contributed by atoms with Crippen LogP contribution >= 0.6 is 22.9 Å². The van der Waals surface area contributed by atoms with E-state index in [1.54, 1.807) is 29.1 Å². The number of hydrogen-bond donors (Lipinski definition) is 1. The molecule has 0 fully saturated rings. The highest BCUT2D eigenvalue weighted by Gasteiger charge is 2.10. The molecule has 0 aliphatic rings. The van der Waals surface area contributed by atoms with Gasteiger partial charge in [0.15, 0.2) is 5.82 Å². The Morgan fingerprint density at radius 1 is 1.21 bits per heavy atom. The zero-order valence-electron chi connectivity index (χ0n) is 15.0. The molecule has 1 N–H and O–H groups in total. The molecule has 10 heteroatoms. The van der Waals surface area contributed by atoms with Crippen LogP contribution in [-0.4, -0.2) is 29.8 Å². The van der Waals surface area contributed by atoms with Gasteiger partial charge in [-0.25, -0.2) is 4.39 Å². The molecule has 0 aliphatic heterocycles. The molecule has 0 aliphatic carbocycles. The van der Waals surface area contributed by atoms with Crippen molar-refractivity contribution in [2.75, 3.05) is 5.32 Å². The third-order valence-electron chi connectivity index (χ3n) is 4.04. The molecule has 4 aromatic rings. The van der Waals surface area contributed by atoms with Gasteiger partial charge in [-0.1, -0.05) is 29.0 Å². The molecule has 3 heterocycles. The molecule has 0 radical (unpaired) electrons. The van der Waals surface area contributed by atoms with Gasteiger partial charge in [-0.15, -0.1) is 10.2 Å². The quantitative estimate of drug-likeness (QED) is 0.490. The van der Waals surface area contributed by atoms with Gasteiger partial charge < -0.3 is 5.32 Å². The summed E-state index contributed by atoms with van der Waals surface area (Å²) >= 11 is 7.54. The summed E-state index contributed by atoms with van der Waals surface area (Å²) in [6, 6.07) is 6.42. The lowest BCUT2D eigenvalue weighted by molar-refractivity contribution is 0.586. The average molecular weight is 418 g/mol. The van der Waals surface area contributed by atoms with Crippen molar-refractivity contribution in [1.82, 2.24) is 29.8 Å². The van der Waals surface area contributed by atoms with E-state index in [-0.39, 0.29) is 12.4 Å². The highest BCUT2D eigenvalue weighted by molar-refractivity contribution is 7.15. The molecule has 0 unspecified atom stereocenters. The molecule has 144 valence electrons. The lowest BCUT2D eigenvalue weighted by atomic mass is 10.2. The Balaban J connectivity index is 1.37. The molecular formula is C18H17ClFN7S. The standard InChI is InChI=1S/C18H17ClFN7S/c1-12-9-21-26(10-12)8-6-17-23-24-18(28-17)22-16-5-7-27(25-16)11-13-14(19)3-2-4-15(13)20/h2-5,7,9-10H,6,8,11H2,1H3,(H,22,24,25). The van der Waals surface area contributed by atoms with E-state index in [9.17, 15) is 4.39 Å². The summed E-state index contributed by atoms with van der Waals surface area (Å²) in [4.78, 5) is 0. The maximum Gasteiger partial charge on any atom is 0.211 e. The van der Waals surface area contributed by atoms with Crippen LogP contribution < -0.4 is 5.32 Å². The number of rotatable bonds is 7. The van der Waals surface area contributed by atoms with E-state index in [0.29, 0.717) is 21.5 Å². The maximum atomic E-state index is 13.9. The van der Waals surface area contributed by atoms with Gasteiger partial charge in [0, 0.05) is 42.0 Å². The first kappa shape index (κ1) is 18.6.